The number of anilines is 1. The predicted octanol–water partition coefficient (Wildman–Crippen LogP) is 3.95. The third-order valence-electron chi connectivity index (χ3n) is 4.95. The molecule has 1 saturated heterocycles. The van der Waals surface area contributed by atoms with E-state index in [0.29, 0.717) is 17.9 Å². The van der Waals surface area contributed by atoms with Crippen molar-refractivity contribution in [3.8, 4) is 5.75 Å². The van der Waals surface area contributed by atoms with E-state index in [0.717, 1.165) is 37.2 Å². The van der Waals surface area contributed by atoms with Crippen LogP contribution in [0.1, 0.15) is 40.7 Å². The Morgan fingerprint density at radius 1 is 1.04 bits per heavy atom. The van der Waals surface area contributed by atoms with Crippen molar-refractivity contribution in [1.29, 1.82) is 0 Å². The highest BCUT2D eigenvalue weighted by atomic mass is 16.5. The second-order valence-electron chi connectivity index (χ2n) is 6.92. The maximum Gasteiger partial charge on any atom is 0.253 e. The first kappa shape index (κ1) is 19.0. The van der Waals surface area contributed by atoms with Crippen LogP contribution in [0, 0.1) is 13.8 Å². The van der Waals surface area contributed by atoms with Gasteiger partial charge in [0.2, 0.25) is 5.91 Å². The quantitative estimate of drug-likeness (QED) is 0.842. The molecule has 0 unspecified atom stereocenters. The summed E-state index contributed by atoms with van der Waals surface area (Å²) in [7, 11) is 0. The van der Waals surface area contributed by atoms with E-state index in [1.165, 1.54) is 5.56 Å². The standard InChI is InChI=1S/C22H26N2O3/c1-16-6-5-7-20(17(16)2)27-15-12-21(25)23-19-10-8-18(9-11-19)22(26)24-13-3-4-14-24/h5-11H,3-4,12-15H2,1-2H3,(H,23,25). The number of carbonyl (C=O) groups is 2. The van der Waals surface area contributed by atoms with E-state index in [-0.39, 0.29) is 18.2 Å². The lowest BCUT2D eigenvalue weighted by atomic mass is 10.1. The van der Waals surface area contributed by atoms with Crippen molar-refractivity contribution in [3.63, 3.8) is 0 Å². The Labute approximate surface area is 160 Å². The molecule has 0 atom stereocenters. The van der Waals surface area contributed by atoms with Crippen LogP contribution < -0.4 is 10.1 Å². The van der Waals surface area contributed by atoms with Gasteiger partial charge in [0, 0.05) is 24.3 Å². The maximum absolute atomic E-state index is 12.3. The van der Waals surface area contributed by atoms with Crippen LogP contribution in [0.25, 0.3) is 0 Å². The van der Waals surface area contributed by atoms with E-state index in [2.05, 4.69) is 5.32 Å². The van der Waals surface area contributed by atoms with Gasteiger partial charge in [0.25, 0.3) is 5.91 Å². The molecule has 2 aromatic rings. The summed E-state index contributed by atoms with van der Waals surface area (Å²) in [6.45, 7) is 6.03. The summed E-state index contributed by atoms with van der Waals surface area (Å²) in [5.41, 5.74) is 3.61. The van der Waals surface area contributed by atoms with Gasteiger partial charge in [-0.1, -0.05) is 12.1 Å². The largest absolute Gasteiger partial charge is 0.493 e. The first-order valence-electron chi connectivity index (χ1n) is 9.43. The van der Waals surface area contributed by atoms with Crippen molar-refractivity contribution < 1.29 is 14.3 Å². The van der Waals surface area contributed by atoms with Crippen LogP contribution in [0.4, 0.5) is 5.69 Å². The van der Waals surface area contributed by atoms with Gasteiger partial charge in [0.15, 0.2) is 0 Å². The monoisotopic (exact) mass is 366 g/mol. The van der Waals surface area contributed by atoms with E-state index in [4.69, 9.17) is 4.74 Å². The van der Waals surface area contributed by atoms with E-state index in [1.54, 1.807) is 24.3 Å². The van der Waals surface area contributed by atoms with Crippen LogP contribution in [0.2, 0.25) is 0 Å². The topological polar surface area (TPSA) is 58.6 Å². The number of nitrogens with zero attached hydrogens (tertiary/aromatic N) is 1. The Balaban J connectivity index is 1.47. The number of rotatable bonds is 6. The number of amides is 2. The van der Waals surface area contributed by atoms with E-state index in [9.17, 15) is 9.59 Å². The zero-order valence-corrected chi connectivity index (χ0v) is 16.0. The molecular weight excluding hydrogens is 340 g/mol. The second-order valence-corrected chi connectivity index (χ2v) is 6.92. The molecule has 2 amide bonds. The van der Waals surface area contributed by atoms with Crippen molar-refractivity contribution >= 4 is 17.5 Å². The van der Waals surface area contributed by atoms with Crippen LogP contribution in [-0.4, -0.2) is 36.4 Å². The maximum atomic E-state index is 12.3. The molecule has 142 valence electrons. The summed E-state index contributed by atoms with van der Waals surface area (Å²) in [4.78, 5) is 26.3. The fraction of sp³-hybridized carbons (Fsp3) is 0.364. The number of hydrogen-bond acceptors (Lipinski definition) is 3. The number of likely N-dealkylation sites (tertiary alicyclic amines) is 1. The summed E-state index contributed by atoms with van der Waals surface area (Å²) in [5, 5.41) is 2.85. The molecule has 2 aromatic carbocycles. The number of nitrogens with one attached hydrogen (secondary N) is 1. The van der Waals surface area contributed by atoms with Gasteiger partial charge >= 0.3 is 0 Å². The second kappa shape index (κ2) is 8.71. The third kappa shape index (κ3) is 4.88. The highest BCUT2D eigenvalue weighted by Gasteiger charge is 2.19. The first-order chi connectivity index (χ1) is 13.0. The van der Waals surface area contributed by atoms with Gasteiger partial charge in [0.1, 0.15) is 5.75 Å². The van der Waals surface area contributed by atoms with Crippen LogP contribution in [0.5, 0.6) is 5.75 Å². The summed E-state index contributed by atoms with van der Waals surface area (Å²) in [6, 6.07) is 13.0. The first-order valence-corrected chi connectivity index (χ1v) is 9.43. The zero-order valence-electron chi connectivity index (χ0n) is 16.0. The molecule has 0 radical (unpaired) electrons. The number of hydrogen-bond donors (Lipinski definition) is 1. The molecule has 5 nitrogen and oxygen atoms in total. The van der Waals surface area contributed by atoms with Gasteiger partial charge in [-0.15, -0.1) is 0 Å². The number of aryl methyl sites for hydroxylation is 1. The highest BCUT2D eigenvalue weighted by Crippen LogP contribution is 2.21. The van der Waals surface area contributed by atoms with Crippen molar-refractivity contribution in [2.24, 2.45) is 0 Å². The van der Waals surface area contributed by atoms with E-state index in [1.807, 2.05) is 36.9 Å². The SMILES string of the molecule is Cc1cccc(OCCC(=O)Nc2ccc(C(=O)N3CCCC3)cc2)c1C. The van der Waals surface area contributed by atoms with Crippen molar-refractivity contribution in [2.75, 3.05) is 25.0 Å². The van der Waals surface area contributed by atoms with Crippen LogP contribution >= 0.6 is 0 Å². The Kier molecular flexibility index (Phi) is 6.12. The van der Waals surface area contributed by atoms with E-state index < -0.39 is 0 Å². The highest BCUT2D eigenvalue weighted by molar-refractivity contribution is 5.96. The number of benzene rings is 2. The smallest absolute Gasteiger partial charge is 0.253 e. The minimum absolute atomic E-state index is 0.0623. The molecule has 1 fully saturated rings. The van der Waals surface area contributed by atoms with Crippen molar-refractivity contribution in [1.82, 2.24) is 4.90 Å². The molecular formula is C22H26N2O3. The van der Waals surface area contributed by atoms with Crippen LogP contribution in [0.3, 0.4) is 0 Å². The van der Waals surface area contributed by atoms with Gasteiger partial charge in [0.05, 0.1) is 13.0 Å². The normalized spacial score (nSPS) is 13.5. The molecule has 1 aliphatic heterocycles. The Hall–Kier alpha value is -2.82. The average Bonchev–Trinajstić information content (AvgIpc) is 3.20. The molecule has 3 rings (SSSR count). The summed E-state index contributed by atoms with van der Waals surface area (Å²) in [6.07, 6.45) is 2.41. The van der Waals surface area contributed by atoms with Gasteiger partial charge in [-0.2, -0.15) is 0 Å². The number of carbonyl (C=O) groups excluding carboxylic acids is 2. The molecule has 1 N–H and O–H groups in total. The predicted molar refractivity (Wildman–Crippen MR) is 106 cm³/mol. The van der Waals surface area contributed by atoms with Gasteiger partial charge < -0.3 is 15.0 Å². The average molecular weight is 366 g/mol. The summed E-state index contributed by atoms with van der Waals surface area (Å²) >= 11 is 0. The Bertz CT molecular complexity index is 809. The molecule has 1 aliphatic rings. The third-order valence-corrected chi connectivity index (χ3v) is 4.95. The summed E-state index contributed by atoms with van der Waals surface area (Å²) < 4.78 is 5.72. The Morgan fingerprint density at radius 2 is 1.74 bits per heavy atom. The minimum atomic E-state index is -0.112. The molecule has 5 heteroatoms. The minimum Gasteiger partial charge on any atom is -0.493 e. The lowest BCUT2D eigenvalue weighted by molar-refractivity contribution is -0.116. The molecule has 27 heavy (non-hydrogen) atoms. The van der Waals surface area contributed by atoms with Gasteiger partial charge in [-0.3, -0.25) is 9.59 Å². The summed E-state index contributed by atoms with van der Waals surface area (Å²) in [5.74, 6) is 0.763. The lowest BCUT2D eigenvalue weighted by Crippen LogP contribution is -2.27. The van der Waals surface area contributed by atoms with E-state index >= 15 is 0 Å². The Morgan fingerprint density at radius 3 is 2.44 bits per heavy atom. The molecule has 0 bridgehead atoms. The zero-order chi connectivity index (χ0) is 19.2. The fourth-order valence-electron chi connectivity index (χ4n) is 3.16. The van der Waals surface area contributed by atoms with Crippen LogP contribution in [-0.2, 0) is 4.79 Å². The number of ether oxygens (including phenoxy) is 1. The fourth-order valence-corrected chi connectivity index (χ4v) is 3.16. The lowest BCUT2D eigenvalue weighted by Gasteiger charge is -2.15. The van der Waals surface area contributed by atoms with Crippen molar-refractivity contribution in [3.05, 3.63) is 59.2 Å². The van der Waals surface area contributed by atoms with Gasteiger partial charge in [-0.05, 0) is 68.1 Å². The molecule has 0 aromatic heterocycles. The van der Waals surface area contributed by atoms with Crippen LogP contribution in [0.15, 0.2) is 42.5 Å². The molecule has 1 heterocycles. The molecule has 0 aliphatic carbocycles. The molecule has 0 spiro atoms. The van der Waals surface area contributed by atoms with Crippen molar-refractivity contribution in [2.45, 2.75) is 33.1 Å². The molecule has 0 saturated carbocycles. The van der Waals surface area contributed by atoms with Gasteiger partial charge in [-0.25, -0.2) is 0 Å².